The zero-order valence-corrected chi connectivity index (χ0v) is 11.5. The molecule has 0 unspecified atom stereocenters. The number of aromatic nitrogens is 2. The van der Waals surface area contributed by atoms with Crippen LogP contribution in [0.25, 0.3) is 0 Å². The molecule has 0 bridgehead atoms. The predicted octanol–water partition coefficient (Wildman–Crippen LogP) is 2.27. The number of carbonyl (C=O) groups excluding carboxylic acids is 2. The molecule has 0 aliphatic heterocycles. The van der Waals surface area contributed by atoms with Gasteiger partial charge in [0, 0.05) is 13.2 Å². The number of para-hydroxylation sites is 1. The maximum absolute atomic E-state index is 12.2. The normalized spacial score (nSPS) is 10.3. The number of hydrogen-bond donors (Lipinski definition) is 0. The van der Waals surface area contributed by atoms with E-state index in [9.17, 15) is 9.59 Å². The molecule has 104 valence electrons. The third-order valence-electron chi connectivity index (χ3n) is 2.80. The quantitative estimate of drug-likeness (QED) is 0.598. The molecule has 20 heavy (non-hydrogen) atoms. The van der Waals surface area contributed by atoms with Gasteiger partial charge in [-0.2, -0.15) is 0 Å². The van der Waals surface area contributed by atoms with Gasteiger partial charge in [-0.25, -0.2) is 4.98 Å². The van der Waals surface area contributed by atoms with Crippen LogP contribution in [0.3, 0.4) is 0 Å². The summed E-state index contributed by atoms with van der Waals surface area (Å²) >= 11 is 0. The lowest BCUT2D eigenvalue weighted by molar-refractivity contribution is 0.0890. The van der Waals surface area contributed by atoms with E-state index in [-0.39, 0.29) is 18.0 Å². The molecule has 1 aromatic carbocycles. The van der Waals surface area contributed by atoms with Crippen LogP contribution in [0.5, 0.6) is 5.75 Å². The summed E-state index contributed by atoms with van der Waals surface area (Å²) in [5.74, 6) is -0.0413. The monoisotopic (exact) mass is 272 g/mol. The van der Waals surface area contributed by atoms with Gasteiger partial charge in [0.05, 0.1) is 24.9 Å². The lowest BCUT2D eigenvalue weighted by atomic mass is 10.0. The molecule has 0 aliphatic carbocycles. The Morgan fingerprint density at radius 3 is 2.65 bits per heavy atom. The Balaban J connectivity index is 2.14. The molecule has 0 spiro atoms. The van der Waals surface area contributed by atoms with Gasteiger partial charge >= 0.3 is 0 Å². The zero-order chi connectivity index (χ0) is 14.5. The van der Waals surface area contributed by atoms with Crippen LogP contribution in [0, 0.1) is 0 Å². The molecule has 0 N–H and O–H groups in total. The number of ether oxygens (including phenoxy) is 1. The number of hydrogen-bond acceptors (Lipinski definition) is 4. The van der Waals surface area contributed by atoms with Crippen molar-refractivity contribution < 1.29 is 14.3 Å². The Kier molecular flexibility index (Phi) is 4.30. The second kappa shape index (κ2) is 6.14. The Labute approximate surface area is 117 Å². The van der Waals surface area contributed by atoms with Crippen LogP contribution < -0.4 is 4.74 Å². The number of carbonyl (C=O) groups is 2. The number of rotatable bonds is 6. The highest BCUT2D eigenvalue weighted by molar-refractivity contribution is 6.13. The minimum Gasteiger partial charge on any atom is -0.493 e. The van der Waals surface area contributed by atoms with Crippen LogP contribution in [0.1, 0.15) is 34.2 Å². The van der Waals surface area contributed by atoms with Crippen LogP contribution in [0.4, 0.5) is 0 Å². The fraction of sp³-hybridized carbons (Fsp3) is 0.267. The van der Waals surface area contributed by atoms with E-state index in [0.717, 1.165) is 0 Å². The third kappa shape index (κ3) is 3.12. The highest BCUT2D eigenvalue weighted by Crippen LogP contribution is 2.20. The molecular weight excluding hydrogens is 256 g/mol. The van der Waals surface area contributed by atoms with Crippen molar-refractivity contribution >= 4 is 11.6 Å². The Hall–Kier alpha value is -2.43. The summed E-state index contributed by atoms with van der Waals surface area (Å²) in [6.07, 6.45) is 2.93. The molecule has 0 atom stereocenters. The number of imidazole rings is 1. The largest absolute Gasteiger partial charge is 0.493 e. The molecule has 0 saturated heterocycles. The maximum Gasteiger partial charge on any atom is 0.190 e. The van der Waals surface area contributed by atoms with Crippen molar-refractivity contribution in [2.45, 2.75) is 13.3 Å². The summed E-state index contributed by atoms with van der Waals surface area (Å²) in [5.41, 5.74) is 0.730. The van der Waals surface area contributed by atoms with Crippen LogP contribution in [0.2, 0.25) is 0 Å². The molecular formula is C15H16N2O3. The van der Waals surface area contributed by atoms with E-state index in [1.807, 2.05) is 6.92 Å². The molecule has 5 nitrogen and oxygen atoms in total. The second-order valence-corrected chi connectivity index (χ2v) is 4.38. The summed E-state index contributed by atoms with van der Waals surface area (Å²) in [6, 6.07) is 6.93. The van der Waals surface area contributed by atoms with Crippen LogP contribution >= 0.6 is 0 Å². The summed E-state index contributed by atoms with van der Waals surface area (Å²) < 4.78 is 7.07. The van der Waals surface area contributed by atoms with Crippen molar-refractivity contribution in [3.05, 3.63) is 48.0 Å². The van der Waals surface area contributed by atoms with E-state index in [1.54, 1.807) is 42.1 Å². The average molecular weight is 272 g/mol. The number of Topliss-reactive ketones (excluding diaryl/α,β-unsaturated/α-hetero) is 2. The lowest BCUT2D eigenvalue weighted by Gasteiger charge is -2.08. The Morgan fingerprint density at radius 2 is 2.00 bits per heavy atom. The number of nitrogens with zero attached hydrogens (tertiary/aromatic N) is 2. The minimum atomic E-state index is -0.290. The van der Waals surface area contributed by atoms with Crippen LogP contribution in [-0.4, -0.2) is 27.7 Å². The number of aryl methyl sites for hydroxylation is 1. The third-order valence-corrected chi connectivity index (χ3v) is 2.80. The van der Waals surface area contributed by atoms with Gasteiger partial charge in [-0.05, 0) is 19.1 Å². The molecule has 5 heteroatoms. The van der Waals surface area contributed by atoms with Crippen LogP contribution in [0.15, 0.2) is 36.8 Å². The van der Waals surface area contributed by atoms with E-state index < -0.39 is 0 Å². The molecule has 0 fully saturated rings. The summed E-state index contributed by atoms with van der Waals surface area (Å²) in [5, 5.41) is 0. The molecule has 0 saturated carbocycles. The Morgan fingerprint density at radius 1 is 1.25 bits per heavy atom. The predicted molar refractivity (Wildman–Crippen MR) is 74.1 cm³/mol. The standard InChI is InChI=1S/C15H16N2O3/c1-3-20-15-7-5-4-6-11(15)13(18)8-14(19)12-9-17(2)10-16-12/h4-7,9-10H,3,8H2,1-2H3. The van der Waals surface area contributed by atoms with E-state index >= 15 is 0 Å². The van der Waals surface area contributed by atoms with Gasteiger partial charge in [-0.15, -0.1) is 0 Å². The first-order valence-corrected chi connectivity index (χ1v) is 6.38. The molecule has 0 amide bonds. The van der Waals surface area contributed by atoms with E-state index in [0.29, 0.717) is 23.6 Å². The average Bonchev–Trinajstić information content (AvgIpc) is 2.86. The van der Waals surface area contributed by atoms with Gasteiger partial charge in [-0.1, -0.05) is 12.1 Å². The highest BCUT2D eigenvalue weighted by Gasteiger charge is 2.18. The van der Waals surface area contributed by atoms with Gasteiger partial charge in [-0.3, -0.25) is 9.59 Å². The van der Waals surface area contributed by atoms with Crippen molar-refractivity contribution in [3.8, 4) is 5.75 Å². The lowest BCUT2D eigenvalue weighted by Crippen LogP contribution is -2.10. The summed E-state index contributed by atoms with van der Waals surface area (Å²) in [7, 11) is 1.77. The van der Waals surface area contributed by atoms with E-state index in [4.69, 9.17) is 4.74 Å². The molecule has 0 aliphatic rings. The van der Waals surface area contributed by atoms with Crippen molar-refractivity contribution in [2.75, 3.05) is 6.61 Å². The maximum atomic E-state index is 12.2. The smallest absolute Gasteiger partial charge is 0.190 e. The minimum absolute atomic E-state index is 0.207. The topological polar surface area (TPSA) is 61.2 Å². The van der Waals surface area contributed by atoms with Crippen molar-refractivity contribution in [3.63, 3.8) is 0 Å². The van der Waals surface area contributed by atoms with Crippen molar-refractivity contribution in [1.29, 1.82) is 0 Å². The van der Waals surface area contributed by atoms with E-state index in [2.05, 4.69) is 4.98 Å². The first-order valence-electron chi connectivity index (χ1n) is 6.38. The molecule has 2 rings (SSSR count). The SMILES string of the molecule is CCOc1ccccc1C(=O)CC(=O)c1cn(C)cn1. The molecule has 1 heterocycles. The first kappa shape index (κ1) is 14.0. The van der Waals surface area contributed by atoms with Gasteiger partial charge in [0.1, 0.15) is 11.4 Å². The Bertz CT molecular complexity index is 632. The second-order valence-electron chi connectivity index (χ2n) is 4.38. The molecule has 0 radical (unpaired) electrons. The number of ketones is 2. The van der Waals surface area contributed by atoms with Crippen molar-refractivity contribution in [2.24, 2.45) is 7.05 Å². The number of benzene rings is 1. The summed E-state index contributed by atoms with van der Waals surface area (Å²) in [4.78, 5) is 28.1. The fourth-order valence-corrected chi connectivity index (χ4v) is 1.87. The molecule has 1 aromatic heterocycles. The van der Waals surface area contributed by atoms with Gasteiger partial charge < -0.3 is 9.30 Å². The van der Waals surface area contributed by atoms with E-state index in [1.165, 1.54) is 6.33 Å². The van der Waals surface area contributed by atoms with Gasteiger partial charge in [0.15, 0.2) is 11.6 Å². The highest BCUT2D eigenvalue weighted by atomic mass is 16.5. The zero-order valence-electron chi connectivity index (χ0n) is 11.5. The van der Waals surface area contributed by atoms with Crippen molar-refractivity contribution in [1.82, 2.24) is 9.55 Å². The fourth-order valence-electron chi connectivity index (χ4n) is 1.87. The molecule has 2 aromatic rings. The van der Waals surface area contributed by atoms with Crippen LogP contribution in [-0.2, 0) is 7.05 Å². The first-order chi connectivity index (χ1) is 9.61. The van der Waals surface area contributed by atoms with Gasteiger partial charge in [0.25, 0.3) is 0 Å². The summed E-state index contributed by atoms with van der Waals surface area (Å²) in [6.45, 7) is 2.32. The van der Waals surface area contributed by atoms with Gasteiger partial charge in [0.2, 0.25) is 0 Å².